The monoisotopic (exact) mass is 400 g/mol. The van der Waals surface area contributed by atoms with Gasteiger partial charge in [-0.3, -0.25) is 4.79 Å². The van der Waals surface area contributed by atoms with E-state index in [4.69, 9.17) is 0 Å². The van der Waals surface area contributed by atoms with Crippen molar-refractivity contribution in [1.29, 1.82) is 0 Å². The fourth-order valence-electron chi connectivity index (χ4n) is 3.92. The Morgan fingerprint density at radius 2 is 1.75 bits per heavy atom. The largest absolute Gasteiger partial charge is 0.322 e. The van der Waals surface area contributed by atoms with E-state index in [9.17, 15) is 13.2 Å². The van der Waals surface area contributed by atoms with Crippen LogP contribution in [0, 0.1) is 20.8 Å². The number of hydrogen-bond donors (Lipinski definition) is 1. The number of hydrogen-bond acceptors (Lipinski definition) is 3. The van der Waals surface area contributed by atoms with Gasteiger partial charge in [0.05, 0.1) is 4.90 Å². The molecule has 1 amide bonds. The maximum Gasteiger partial charge on any atom is 0.255 e. The summed E-state index contributed by atoms with van der Waals surface area (Å²) in [6.45, 7) is 8.39. The molecule has 0 unspecified atom stereocenters. The van der Waals surface area contributed by atoms with Crippen molar-refractivity contribution in [3.05, 3.63) is 58.7 Å². The van der Waals surface area contributed by atoms with Crippen LogP contribution < -0.4 is 5.32 Å². The molecular formula is C22H28N2O3S. The molecule has 2 aromatic carbocycles. The molecule has 0 aliphatic carbocycles. The first-order chi connectivity index (χ1) is 13.2. The van der Waals surface area contributed by atoms with Crippen LogP contribution in [0.1, 0.15) is 53.2 Å². The van der Waals surface area contributed by atoms with Gasteiger partial charge in [-0.25, -0.2) is 8.42 Å². The second-order valence-corrected chi connectivity index (χ2v) is 9.61. The van der Waals surface area contributed by atoms with Gasteiger partial charge in [0.2, 0.25) is 10.0 Å². The van der Waals surface area contributed by atoms with Crippen LogP contribution >= 0.6 is 0 Å². The minimum absolute atomic E-state index is 0.0194. The number of benzene rings is 2. The molecule has 28 heavy (non-hydrogen) atoms. The van der Waals surface area contributed by atoms with Crippen molar-refractivity contribution in [2.24, 2.45) is 0 Å². The average Bonchev–Trinajstić information content (AvgIpc) is 2.64. The summed E-state index contributed by atoms with van der Waals surface area (Å²) in [4.78, 5) is 13.0. The number of nitrogens with zero attached hydrogens (tertiary/aromatic N) is 1. The second-order valence-electron chi connectivity index (χ2n) is 7.72. The van der Waals surface area contributed by atoms with Crippen molar-refractivity contribution in [1.82, 2.24) is 4.31 Å². The lowest BCUT2D eigenvalue weighted by molar-refractivity contribution is 0.102. The van der Waals surface area contributed by atoms with Crippen LogP contribution in [0.25, 0.3) is 0 Å². The fraction of sp³-hybridized carbons (Fsp3) is 0.409. The molecule has 0 saturated carbocycles. The predicted octanol–water partition coefficient (Wildman–Crippen LogP) is 4.43. The molecule has 1 aliphatic heterocycles. The highest BCUT2D eigenvalue weighted by Crippen LogP contribution is 2.26. The topological polar surface area (TPSA) is 66.5 Å². The Bertz CT molecular complexity index is 976. The molecule has 0 aromatic heterocycles. The summed E-state index contributed by atoms with van der Waals surface area (Å²) >= 11 is 0. The molecule has 1 atom stereocenters. The molecular weight excluding hydrogens is 372 g/mol. The van der Waals surface area contributed by atoms with Gasteiger partial charge in [0, 0.05) is 23.8 Å². The Kier molecular flexibility index (Phi) is 5.91. The van der Waals surface area contributed by atoms with E-state index in [2.05, 4.69) is 5.32 Å². The Morgan fingerprint density at radius 1 is 1.07 bits per heavy atom. The highest BCUT2D eigenvalue weighted by Gasteiger charge is 2.31. The number of carbonyl (C=O) groups excluding carboxylic acids is 1. The highest BCUT2D eigenvalue weighted by molar-refractivity contribution is 7.89. The van der Waals surface area contributed by atoms with Gasteiger partial charge in [-0.15, -0.1) is 0 Å². The summed E-state index contributed by atoms with van der Waals surface area (Å²) in [5, 5.41) is 2.94. The van der Waals surface area contributed by atoms with Gasteiger partial charge in [-0.1, -0.05) is 30.2 Å². The molecule has 5 nitrogen and oxygen atoms in total. The summed E-state index contributed by atoms with van der Waals surface area (Å²) in [6, 6.07) is 10.3. The number of carbonyl (C=O) groups is 1. The van der Waals surface area contributed by atoms with Crippen LogP contribution in [-0.4, -0.2) is 31.2 Å². The van der Waals surface area contributed by atoms with E-state index in [1.807, 2.05) is 39.8 Å². The number of amides is 1. The van der Waals surface area contributed by atoms with E-state index in [1.54, 1.807) is 22.5 Å². The van der Waals surface area contributed by atoms with E-state index < -0.39 is 10.0 Å². The van der Waals surface area contributed by atoms with Crippen LogP contribution in [0.5, 0.6) is 0 Å². The van der Waals surface area contributed by atoms with Gasteiger partial charge >= 0.3 is 0 Å². The third kappa shape index (κ3) is 4.13. The molecule has 1 fully saturated rings. The standard InChI is InChI=1S/C22H28N2O3S/c1-15-12-16(2)21(17(3)13-15)23-22(25)19-9-7-10-20(14-19)28(26,27)24-11-6-5-8-18(24)4/h7,9-10,12-14,18H,5-6,8,11H2,1-4H3,(H,23,25)/t18-/m0/s1. The zero-order chi connectivity index (χ0) is 20.5. The van der Waals surface area contributed by atoms with Crippen molar-refractivity contribution < 1.29 is 13.2 Å². The Morgan fingerprint density at radius 3 is 2.39 bits per heavy atom. The number of aryl methyl sites for hydroxylation is 3. The van der Waals surface area contributed by atoms with Gasteiger partial charge in [0.1, 0.15) is 0 Å². The molecule has 150 valence electrons. The zero-order valence-electron chi connectivity index (χ0n) is 17.0. The third-order valence-electron chi connectivity index (χ3n) is 5.36. The van der Waals surface area contributed by atoms with E-state index in [1.165, 1.54) is 6.07 Å². The SMILES string of the molecule is Cc1cc(C)c(NC(=O)c2cccc(S(=O)(=O)N3CCCC[C@@H]3C)c2)c(C)c1. The van der Waals surface area contributed by atoms with E-state index >= 15 is 0 Å². The summed E-state index contributed by atoms with van der Waals surface area (Å²) in [5.74, 6) is -0.307. The lowest BCUT2D eigenvalue weighted by Gasteiger charge is -2.32. The molecule has 0 bridgehead atoms. The molecule has 6 heteroatoms. The first kappa shape index (κ1) is 20.6. The van der Waals surface area contributed by atoms with Crippen molar-refractivity contribution in [2.75, 3.05) is 11.9 Å². The molecule has 1 aliphatic rings. The molecule has 1 N–H and O–H groups in total. The van der Waals surface area contributed by atoms with Crippen molar-refractivity contribution in [3.63, 3.8) is 0 Å². The van der Waals surface area contributed by atoms with Crippen LogP contribution in [0.15, 0.2) is 41.3 Å². The molecule has 3 rings (SSSR count). The van der Waals surface area contributed by atoms with Crippen LogP contribution in [0.3, 0.4) is 0 Å². The number of piperidine rings is 1. The maximum absolute atomic E-state index is 13.1. The predicted molar refractivity (Wildman–Crippen MR) is 112 cm³/mol. The van der Waals surface area contributed by atoms with Gasteiger partial charge in [0.15, 0.2) is 0 Å². The van der Waals surface area contributed by atoms with E-state index in [-0.39, 0.29) is 16.8 Å². The van der Waals surface area contributed by atoms with E-state index in [0.717, 1.165) is 41.6 Å². The average molecular weight is 401 g/mol. The Balaban J connectivity index is 1.88. The number of rotatable bonds is 4. The molecule has 0 radical (unpaired) electrons. The number of sulfonamides is 1. The zero-order valence-corrected chi connectivity index (χ0v) is 17.8. The maximum atomic E-state index is 13.1. The van der Waals surface area contributed by atoms with Crippen molar-refractivity contribution >= 4 is 21.6 Å². The Labute approximate surface area is 167 Å². The minimum Gasteiger partial charge on any atom is -0.322 e. The molecule has 0 spiro atoms. The third-order valence-corrected chi connectivity index (χ3v) is 7.37. The van der Waals surface area contributed by atoms with Crippen LogP contribution in [0.4, 0.5) is 5.69 Å². The molecule has 1 saturated heterocycles. The second kappa shape index (κ2) is 8.05. The lowest BCUT2D eigenvalue weighted by Crippen LogP contribution is -2.41. The smallest absolute Gasteiger partial charge is 0.255 e. The van der Waals surface area contributed by atoms with Crippen LogP contribution in [0.2, 0.25) is 0 Å². The Hall–Kier alpha value is -2.18. The normalized spacial score (nSPS) is 18.1. The quantitative estimate of drug-likeness (QED) is 0.826. The van der Waals surface area contributed by atoms with Gasteiger partial charge in [0.25, 0.3) is 5.91 Å². The first-order valence-corrected chi connectivity index (χ1v) is 11.2. The van der Waals surface area contributed by atoms with Crippen molar-refractivity contribution in [2.45, 2.75) is 57.9 Å². The van der Waals surface area contributed by atoms with Gasteiger partial charge in [-0.2, -0.15) is 4.31 Å². The summed E-state index contributed by atoms with van der Waals surface area (Å²) < 4.78 is 27.7. The summed E-state index contributed by atoms with van der Waals surface area (Å²) in [7, 11) is -3.61. The summed E-state index contributed by atoms with van der Waals surface area (Å²) in [6.07, 6.45) is 2.78. The molecule has 2 aromatic rings. The highest BCUT2D eigenvalue weighted by atomic mass is 32.2. The number of anilines is 1. The fourth-order valence-corrected chi connectivity index (χ4v) is 5.67. The first-order valence-electron chi connectivity index (χ1n) is 9.71. The van der Waals surface area contributed by atoms with Gasteiger partial charge < -0.3 is 5.32 Å². The van der Waals surface area contributed by atoms with Crippen molar-refractivity contribution in [3.8, 4) is 0 Å². The molecule has 1 heterocycles. The van der Waals surface area contributed by atoms with Gasteiger partial charge in [-0.05, 0) is 69.9 Å². The van der Waals surface area contributed by atoms with Crippen LogP contribution in [-0.2, 0) is 10.0 Å². The minimum atomic E-state index is -3.61. The number of nitrogens with one attached hydrogen (secondary N) is 1. The van der Waals surface area contributed by atoms with E-state index in [0.29, 0.717) is 12.1 Å². The summed E-state index contributed by atoms with van der Waals surface area (Å²) in [5.41, 5.74) is 4.21. The lowest BCUT2D eigenvalue weighted by atomic mass is 10.0.